The first-order valence-corrected chi connectivity index (χ1v) is 9.08. The van der Waals surface area contributed by atoms with Gasteiger partial charge in [-0.25, -0.2) is 0 Å². The van der Waals surface area contributed by atoms with Crippen molar-refractivity contribution >= 4 is 17.4 Å². The van der Waals surface area contributed by atoms with E-state index in [4.69, 9.17) is 0 Å². The highest BCUT2D eigenvalue weighted by Gasteiger charge is 2.25. The van der Waals surface area contributed by atoms with Gasteiger partial charge in [0.2, 0.25) is 11.8 Å². The fourth-order valence-electron chi connectivity index (χ4n) is 2.99. The smallest absolute Gasteiger partial charge is 0.246 e. The second-order valence-electron chi connectivity index (χ2n) is 7.95. The third-order valence-corrected chi connectivity index (χ3v) is 4.63. The van der Waals surface area contributed by atoms with Crippen molar-refractivity contribution in [1.29, 1.82) is 0 Å². The van der Waals surface area contributed by atoms with Crippen LogP contribution in [0.1, 0.15) is 46.1 Å². The van der Waals surface area contributed by atoms with Crippen LogP contribution in [0.15, 0.2) is 36.4 Å². The summed E-state index contributed by atoms with van der Waals surface area (Å²) in [6, 6.07) is 9.96. The van der Waals surface area contributed by atoms with Gasteiger partial charge in [0.15, 0.2) is 0 Å². The third-order valence-electron chi connectivity index (χ3n) is 4.63. The van der Waals surface area contributed by atoms with Crippen LogP contribution in [-0.4, -0.2) is 36.3 Å². The topological polar surface area (TPSA) is 49.4 Å². The predicted octanol–water partition coefficient (Wildman–Crippen LogP) is 3.49. The molecule has 1 atom stereocenters. The molecule has 4 heteroatoms. The molecule has 2 amide bonds. The predicted molar refractivity (Wildman–Crippen MR) is 102 cm³/mol. The van der Waals surface area contributed by atoms with Crippen molar-refractivity contribution in [3.8, 4) is 0 Å². The summed E-state index contributed by atoms with van der Waals surface area (Å²) in [6.07, 6.45) is 3.76. The van der Waals surface area contributed by atoms with Crippen molar-refractivity contribution in [2.24, 2.45) is 11.3 Å². The van der Waals surface area contributed by atoms with Gasteiger partial charge in [0, 0.05) is 31.1 Å². The summed E-state index contributed by atoms with van der Waals surface area (Å²) < 4.78 is 0. The number of benzene rings is 1. The number of hydrogen-bond acceptors (Lipinski definition) is 2. The summed E-state index contributed by atoms with van der Waals surface area (Å²) in [6.45, 7) is 9.85. The maximum absolute atomic E-state index is 12.6. The minimum Gasteiger partial charge on any atom is -0.355 e. The molecule has 1 saturated heterocycles. The van der Waals surface area contributed by atoms with Crippen LogP contribution < -0.4 is 5.32 Å². The largest absolute Gasteiger partial charge is 0.355 e. The van der Waals surface area contributed by atoms with Crippen molar-refractivity contribution in [1.82, 2.24) is 10.2 Å². The lowest BCUT2D eigenvalue weighted by Gasteiger charge is -2.33. The molecule has 2 rings (SSSR count). The molecular weight excluding hydrogens is 312 g/mol. The Hall–Kier alpha value is -2.10. The van der Waals surface area contributed by atoms with E-state index in [0.29, 0.717) is 19.0 Å². The van der Waals surface area contributed by atoms with Crippen molar-refractivity contribution < 1.29 is 9.59 Å². The van der Waals surface area contributed by atoms with Gasteiger partial charge in [-0.3, -0.25) is 9.59 Å². The average molecular weight is 342 g/mol. The first-order valence-electron chi connectivity index (χ1n) is 9.08. The van der Waals surface area contributed by atoms with Crippen LogP contribution in [0.5, 0.6) is 0 Å². The second kappa shape index (κ2) is 8.32. The van der Waals surface area contributed by atoms with E-state index in [1.165, 1.54) is 0 Å². The number of nitrogens with one attached hydrogen (secondary N) is 1. The normalized spacial score (nSPS) is 18.8. The Morgan fingerprint density at radius 3 is 2.56 bits per heavy atom. The Kier molecular flexibility index (Phi) is 6.40. The molecule has 0 radical (unpaired) electrons. The maximum Gasteiger partial charge on any atom is 0.246 e. The second-order valence-corrected chi connectivity index (χ2v) is 7.95. The molecule has 1 heterocycles. The van der Waals surface area contributed by atoms with Crippen molar-refractivity contribution in [3.63, 3.8) is 0 Å². The number of allylic oxidation sites excluding steroid dienone is 1. The molecule has 1 unspecified atom stereocenters. The zero-order valence-corrected chi connectivity index (χ0v) is 15.8. The van der Waals surface area contributed by atoms with Crippen LogP contribution in [0, 0.1) is 11.3 Å². The molecule has 25 heavy (non-hydrogen) atoms. The van der Waals surface area contributed by atoms with Gasteiger partial charge >= 0.3 is 0 Å². The molecule has 1 N–H and O–H groups in total. The number of rotatable bonds is 4. The Morgan fingerprint density at radius 1 is 1.24 bits per heavy atom. The molecule has 1 aromatic carbocycles. The molecule has 0 aliphatic carbocycles. The van der Waals surface area contributed by atoms with E-state index in [1.54, 1.807) is 6.08 Å². The monoisotopic (exact) mass is 342 g/mol. The van der Waals surface area contributed by atoms with E-state index in [2.05, 4.69) is 5.32 Å². The summed E-state index contributed by atoms with van der Waals surface area (Å²) in [5, 5.41) is 3.03. The van der Waals surface area contributed by atoms with Crippen LogP contribution in [0.25, 0.3) is 5.57 Å². The summed E-state index contributed by atoms with van der Waals surface area (Å²) in [5.41, 5.74) is 1.68. The molecule has 1 aromatic rings. The highest BCUT2D eigenvalue weighted by Crippen LogP contribution is 2.19. The number of hydrogen-bond donors (Lipinski definition) is 1. The first-order chi connectivity index (χ1) is 11.8. The standard InChI is InChI=1S/C21H30N2O2/c1-16(18-10-6-5-7-11-18)13-19(24)23-12-8-9-17(15-23)14-22-20(25)21(2,3)4/h5-7,10-11,13,17H,8-9,12,14-15H2,1-4H3,(H,22,25)/b16-13+. The Bertz CT molecular complexity index is 629. The molecule has 0 aromatic heterocycles. The van der Waals surface area contributed by atoms with Crippen LogP contribution in [0.3, 0.4) is 0 Å². The van der Waals surface area contributed by atoms with Crippen LogP contribution in [0.2, 0.25) is 0 Å². The van der Waals surface area contributed by atoms with Gasteiger partial charge in [0.05, 0.1) is 0 Å². The minimum atomic E-state index is -0.375. The lowest BCUT2D eigenvalue weighted by Crippen LogP contribution is -2.45. The number of carbonyl (C=O) groups excluding carboxylic acids is 2. The van der Waals surface area contributed by atoms with E-state index in [-0.39, 0.29) is 17.2 Å². The van der Waals surface area contributed by atoms with E-state index in [0.717, 1.165) is 30.5 Å². The summed E-state index contributed by atoms with van der Waals surface area (Å²) in [7, 11) is 0. The van der Waals surface area contributed by atoms with Gasteiger partial charge in [-0.1, -0.05) is 51.1 Å². The van der Waals surface area contributed by atoms with Crippen LogP contribution in [0.4, 0.5) is 0 Å². The Balaban J connectivity index is 1.92. The first kappa shape index (κ1) is 19.2. The molecule has 0 bridgehead atoms. The van der Waals surface area contributed by atoms with Gasteiger partial charge in [0.1, 0.15) is 0 Å². The molecule has 1 aliphatic heterocycles. The molecular formula is C21H30N2O2. The molecule has 136 valence electrons. The highest BCUT2D eigenvalue weighted by molar-refractivity contribution is 5.94. The third kappa shape index (κ3) is 5.73. The number of nitrogens with zero attached hydrogens (tertiary/aromatic N) is 1. The van der Waals surface area contributed by atoms with E-state index in [1.807, 2.05) is 62.9 Å². The molecule has 1 fully saturated rings. The number of carbonyl (C=O) groups is 2. The highest BCUT2D eigenvalue weighted by atomic mass is 16.2. The number of amides is 2. The average Bonchev–Trinajstić information content (AvgIpc) is 2.59. The van der Waals surface area contributed by atoms with Crippen molar-refractivity contribution in [2.45, 2.75) is 40.5 Å². The molecule has 1 aliphatic rings. The summed E-state index contributed by atoms with van der Waals surface area (Å²) in [4.78, 5) is 26.5. The van der Waals surface area contributed by atoms with Gasteiger partial charge in [0.25, 0.3) is 0 Å². The molecule has 0 saturated carbocycles. The van der Waals surface area contributed by atoms with Crippen molar-refractivity contribution in [3.05, 3.63) is 42.0 Å². The fourth-order valence-corrected chi connectivity index (χ4v) is 2.99. The van der Waals surface area contributed by atoms with Crippen LogP contribution >= 0.6 is 0 Å². The van der Waals surface area contributed by atoms with E-state index < -0.39 is 0 Å². The van der Waals surface area contributed by atoms with E-state index >= 15 is 0 Å². The lowest BCUT2D eigenvalue weighted by atomic mass is 9.94. The van der Waals surface area contributed by atoms with Gasteiger partial charge < -0.3 is 10.2 Å². The van der Waals surface area contributed by atoms with Crippen molar-refractivity contribution in [2.75, 3.05) is 19.6 Å². The zero-order valence-electron chi connectivity index (χ0n) is 15.8. The Morgan fingerprint density at radius 2 is 1.92 bits per heavy atom. The lowest BCUT2D eigenvalue weighted by molar-refractivity contribution is -0.129. The van der Waals surface area contributed by atoms with Gasteiger partial charge in [-0.2, -0.15) is 0 Å². The van der Waals surface area contributed by atoms with Crippen LogP contribution in [-0.2, 0) is 9.59 Å². The summed E-state index contributed by atoms with van der Waals surface area (Å²) >= 11 is 0. The van der Waals surface area contributed by atoms with Gasteiger partial charge in [-0.15, -0.1) is 0 Å². The SMILES string of the molecule is C/C(=C\C(=O)N1CCCC(CNC(=O)C(C)(C)C)C1)c1ccccc1. The number of piperidine rings is 1. The Labute approximate surface area is 151 Å². The molecule has 4 nitrogen and oxygen atoms in total. The molecule has 0 spiro atoms. The quantitative estimate of drug-likeness (QED) is 0.852. The number of likely N-dealkylation sites (tertiary alicyclic amines) is 1. The minimum absolute atomic E-state index is 0.0631. The summed E-state index contributed by atoms with van der Waals surface area (Å²) in [5.74, 6) is 0.457. The van der Waals surface area contributed by atoms with Gasteiger partial charge in [-0.05, 0) is 36.8 Å². The fraction of sp³-hybridized carbons (Fsp3) is 0.524. The zero-order chi connectivity index (χ0) is 18.4. The van der Waals surface area contributed by atoms with E-state index in [9.17, 15) is 9.59 Å². The maximum atomic E-state index is 12.6.